The highest BCUT2D eigenvalue weighted by Crippen LogP contribution is 2.14. The van der Waals surface area contributed by atoms with Crippen molar-refractivity contribution in [2.24, 2.45) is 0 Å². The van der Waals surface area contributed by atoms with Crippen LogP contribution >= 0.6 is 0 Å². The topological polar surface area (TPSA) is 47.6 Å². The van der Waals surface area contributed by atoms with Crippen molar-refractivity contribution in [1.82, 2.24) is 5.32 Å². The third-order valence-corrected chi connectivity index (χ3v) is 3.09. The fourth-order valence-electron chi connectivity index (χ4n) is 2.06. The summed E-state index contributed by atoms with van der Waals surface area (Å²) in [5.41, 5.74) is 1.25. The van der Waals surface area contributed by atoms with E-state index in [4.69, 9.17) is 9.47 Å². The molecular formula is C17H27NO3. The van der Waals surface area contributed by atoms with Gasteiger partial charge in [-0.05, 0) is 31.0 Å². The van der Waals surface area contributed by atoms with Gasteiger partial charge in [-0.15, -0.1) is 0 Å². The summed E-state index contributed by atoms with van der Waals surface area (Å²) in [6.07, 6.45) is 1.57. The van der Waals surface area contributed by atoms with Gasteiger partial charge >= 0.3 is 5.97 Å². The van der Waals surface area contributed by atoms with E-state index in [0.29, 0.717) is 19.6 Å². The molecule has 1 rings (SSSR count). The van der Waals surface area contributed by atoms with Gasteiger partial charge in [-0.2, -0.15) is 0 Å². The van der Waals surface area contributed by atoms with Crippen molar-refractivity contribution < 1.29 is 14.3 Å². The van der Waals surface area contributed by atoms with Crippen LogP contribution in [-0.2, 0) is 16.0 Å². The fraction of sp³-hybridized carbons (Fsp3) is 0.588. The van der Waals surface area contributed by atoms with Crippen LogP contribution in [0.1, 0.15) is 39.7 Å². The fourth-order valence-corrected chi connectivity index (χ4v) is 2.06. The second kappa shape index (κ2) is 9.40. The molecule has 0 spiro atoms. The summed E-state index contributed by atoms with van der Waals surface area (Å²) in [7, 11) is 0. The van der Waals surface area contributed by atoms with Crippen LogP contribution in [0.15, 0.2) is 24.3 Å². The Balaban J connectivity index is 2.50. The van der Waals surface area contributed by atoms with Crippen LogP contribution < -0.4 is 10.1 Å². The molecule has 0 saturated carbocycles. The standard InChI is InChI=1S/C17H27NO3/c1-5-14-8-7-9-15(12-14)21-11-10-16(18-13(3)4)17(19)20-6-2/h7-9,12-13,16,18H,5-6,10-11H2,1-4H3. The first-order chi connectivity index (χ1) is 10.1. The molecule has 1 N–H and O–H groups in total. The normalized spacial score (nSPS) is 12.2. The van der Waals surface area contributed by atoms with Gasteiger partial charge in [0.25, 0.3) is 0 Å². The maximum Gasteiger partial charge on any atom is 0.323 e. The van der Waals surface area contributed by atoms with E-state index < -0.39 is 0 Å². The molecule has 1 unspecified atom stereocenters. The first-order valence-electron chi connectivity index (χ1n) is 7.71. The summed E-state index contributed by atoms with van der Waals surface area (Å²) in [4.78, 5) is 11.9. The number of nitrogens with one attached hydrogen (secondary N) is 1. The lowest BCUT2D eigenvalue weighted by atomic mass is 10.1. The Morgan fingerprint density at radius 1 is 1.29 bits per heavy atom. The van der Waals surface area contributed by atoms with Gasteiger partial charge in [-0.1, -0.05) is 32.9 Å². The Kier molecular flexibility index (Phi) is 7.83. The molecule has 0 aliphatic heterocycles. The first kappa shape index (κ1) is 17.5. The first-order valence-corrected chi connectivity index (χ1v) is 7.71. The van der Waals surface area contributed by atoms with Crippen molar-refractivity contribution in [1.29, 1.82) is 0 Å². The van der Waals surface area contributed by atoms with Gasteiger partial charge in [0, 0.05) is 12.5 Å². The molecule has 1 aromatic carbocycles. The summed E-state index contributed by atoms with van der Waals surface area (Å²) < 4.78 is 10.8. The number of benzene rings is 1. The van der Waals surface area contributed by atoms with E-state index in [2.05, 4.69) is 18.3 Å². The third kappa shape index (κ3) is 6.63. The zero-order valence-corrected chi connectivity index (χ0v) is 13.5. The minimum absolute atomic E-state index is 0.211. The lowest BCUT2D eigenvalue weighted by Gasteiger charge is -2.19. The highest BCUT2D eigenvalue weighted by molar-refractivity contribution is 5.75. The van der Waals surface area contributed by atoms with Crippen molar-refractivity contribution >= 4 is 5.97 Å². The molecule has 118 valence electrons. The summed E-state index contributed by atoms with van der Waals surface area (Å²) >= 11 is 0. The number of carbonyl (C=O) groups is 1. The van der Waals surface area contributed by atoms with Crippen LogP contribution in [0.4, 0.5) is 0 Å². The summed E-state index contributed by atoms with van der Waals surface area (Å²) in [6, 6.07) is 7.95. The Bertz CT molecular complexity index is 432. The minimum Gasteiger partial charge on any atom is -0.494 e. The molecule has 0 amide bonds. The summed E-state index contributed by atoms with van der Waals surface area (Å²) in [5, 5.41) is 3.22. The highest BCUT2D eigenvalue weighted by Gasteiger charge is 2.20. The smallest absolute Gasteiger partial charge is 0.323 e. The van der Waals surface area contributed by atoms with E-state index in [9.17, 15) is 4.79 Å². The molecule has 0 heterocycles. The van der Waals surface area contributed by atoms with Gasteiger partial charge in [0.2, 0.25) is 0 Å². The van der Waals surface area contributed by atoms with Gasteiger partial charge < -0.3 is 14.8 Å². The SMILES string of the molecule is CCOC(=O)C(CCOc1cccc(CC)c1)NC(C)C. The molecule has 1 aromatic rings. The average molecular weight is 293 g/mol. The monoisotopic (exact) mass is 293 g/mol. The van der Waals surface area contributed by atoms with Crippen LogP contribution in [0, 0.1) is 0 Å². The van der Waals surface area contributed by atoms with Crippen molar-refractivity contribution in [3.8, 4) is 5.75 Å². The second-order valence-electron chi connectivity index (χ2n) is 5.26. The number of ether oxygens (including phenoxy) is 2. The van der Waals surface area contributed by atoms with E-state index in [0.717, 1.165) is 12.2 Å². The van der Waals surface area contributed by atoms with Crippen molar-refractivity contribution in [3.63, 3.8) is 0 Å². The molecule has 0 fully saturated rings. The van der Waals surface area contributed by atoms with E-state index in [1.165, 1.54) is 5.56 Å². The predicted molar refractivity (Wildman–Crippen MR) is 84.6 cm³/mol. The van der Waals surface area contributed by atoms with Crippen LogP contribution in [-0.4, -0.2) is 31.3 Å². The van der Waals surface area contributed by atoms with Crippen LogP contribution in [0.3, 0.4) is 0 Å². The van der Waals surface area contributed by atoms with Gasteiger partial charge in [-0.25, -0.2) is 0 Å². The van der Waals surface area contributed by atoms with Gasteiger partial charge in [0.15, 0.2) is 0 Å². The molecule has 0 saturated heterocycles. The highest BCUT2D eigenvalue weighted by atomic mass is 16.5. The molecular weight excluding hydrogens is 266 g/mol. The zero-order chi connectivity index (χ0) is 15.7. The lowest BCUT2D eigenvalue weighted by molar-refractivity contribution is -0.146. The Morgan fingerprint density at radius 3 is 2.67 bits per heavy atom. The molecule has 1 atom stereocenters. The molecule has 0 radical (unpaired) electrons. The maximum atomic E-state index is 11.9. The van der Waals surface area contributed by atoms with Crippen molar-refractivity contribution in [3.05, 3.63) is 29.8 Å². The van der Waals surface area contributed by atoms with Gasteiger partial charge in [0.1, 0.15) is 11.8 Å². The summed E-state index contributed by atoms with van der Waals surface area (Å²) in [5.74, 6) is 0.638. The molecule has 21 heavy (non-hydrogen) atoms. The Labute approximate surface area is 127 Å². The second-order valence-corrected chi connectivity index (χ2v) is 5.26. The molecule has 0 aromatic heterocycles. The molecule has 4 heteroatoms. The number of hydrogen-bond acceptors (Lipinski definition) is 4. The largest absolute Gasteiger partial charge is 0.494 e. The van der Waals surface area contributed by atoms with Crippen molar-refractivity contribution in [2.75, 3.05) is 13.2 Å². The number of carbonyl (C=O) groups excluding carboxylic acids is 1. The third-order valence-electron chi connectivity index (χ3n) is 3.09. The van der Waals surface area contributed by atoms with Gasteiger partial charge in [0.05, 0.1) is 13.2 Å². The molecule has 4 nitrogen and oxygen atoms in total. The van der Waals surface area contributed by atoms with Crippen molar-refractivity contribution in [2.45, 2.75) is 52.6 Å². The lowest BCUT2D eigenvalue weighted by Crippen LogP contribution is -2.42. The van der Waals surface area contributed by atoms with E-state index >= 15 is 0 Å². The average Bonchev–Trinajstić information content (AvgIpc) is 2.46. The van der Waals surface area contributed by atoms with Crippen LogP contribution in [0.2, 0.25) is 0 Å². The number of hydrogen-bond donors (Lipinski definition) is 1. The number of esters is 1. The molecule has 0 aliphatic carbocycles. The quantitative estimate of drug-likeness (QED) is 0.711. The van der Waals surface area contributed by atoms with E-state index in [1.807, 2.05) is 39.0 Å². The Morgan fingerprint density at radius 2 is 2.05 bits per heavy atom. The number of rotatable bonds is 9. The molecule has 0 aliphatic rings. The predicted octanol–water partition coefficient (Wildman–Crippen LogP) is 2.95. The zero-order valence-electron chi connectivity index (χ0n) is 13.5. The Hall–Kier alpha value is -1.55. The minimum atomic E-state index is -0.320. The summed E-state index contributed by atoms with van der Waals surface area (Å²) in [6.45, 7) is 8.83. The van der Waals surface area contributed by atoms with Gasteiger partial charge in [-0.3, -0.25) is 4.79 Å². The van der Waals surface area contributed by atoms with E-state index in [1.54, 1.807) is 0 Å². The van der Waals surface area contributed by atoms with E-state index in [-0.39, 0.29) is 18.1 Å². The number of aryl methyl sites for hydroxylation is 1. The van der Waals surface area contributed by atoms with Crippen LogP contribution in [0.5, 0.6) is 5.75 Å². The van der Waals surface area contributed by atoms with Crippen LogP contribution in [0.25, 0.3) is 0 Å². The maximum absolute atomic E-state index is 11.9. The molecule has 0 bridgehead atoms.